The van der Waals surface area contributed by atoms with Crippen molar-refractivity contribution in [1.82, 2.24) is 9.80 Å². The minimum absolute atomic E-state index is 0.0187. The van der Waals surface area contributed by atoms with Crippen molar-refractivity contribution in [2.45, 2.75) is 13.3 Å². The van der Waals surface area contributed by atoms with Gasteiger partial charge in [0.05, 0.1) is 0 Å². The van der Waals surface area contributed by atoms with Crippen LogP contribution >= 0.6 is 11.6 Å². The Bertz CT molecular complexity index is 542. The first-order chi connectivity index (χ1) is 11.6. The van der Waals surface area contributed by atoms with E-state index in [-0.39, 0.29) is 25.0 Å². The van der Waals surface area contributed by atoms with Crippen LogP contribution in [0.1, 0.15) is 13.3 Å². The summed E-state index contributed by atoms with van der Waals surface area (Å²) in [6.45, 7) is 4.77. The summed E-state index contributed by atoms with van der Waals surface area (Å²) in [4.78, 5) is 27.6. The van der Waals surface area contributed by atoms with Gasteiger partial charge in [0, 0.05) is 37.8 Å². The molecule has 1 aliphatic rings. The van der Waals surface area contributed by atoms with Gasteiger partial charge in [0.1, 0.15) is 12.4 Å². The van der Waals surface area contributed by atoms with Crippen molar-refractivity contribution >= 4 is 23.4 Å². The first-order valence-corrected chi connectivity index (χ1v) is 8.49. The van der Waals surface area contributed by atoms with Gasteiger partial charge in [-0.1, -0.05) is 18.5 Å². The zero-order valence-corrected chi connectivity index (χ0v) is 14.6. The number of hydrogen-bond acceptors (Lipinski definition) is 4. The summed E-state index contributed by atoms with van der Waals surface area (Å²) in [6.07, 6.45) is 0.892. The van der Waals surface area contributed by atoms with Crippen LogP contribution in [-0.4, -0.2) is 67.6 Å². The second-order valence-electron chi connectivity index (χ2n) is 5.56. The van der Waals surface area contributed by atoms with Crippen LogP contribution in [0.4, 0.5) is 0 Å². The van der Waals surface area contributed by atoms with Crippen molar-refractivity contribution in [3.8, 4) is 5.75 Å². The van der Waals surface area contributed by atoms with Gasteiger partial charge < -0.3 is 19.3 Å². The molecule has 0 atom stereocenters. The van der Waals surface area contributed by atoms with Crippen molar-refractivity contribution in [3.05, 3.63) is 29.3 Å². The Morgan fingerprint density at radius 1 is 1.00 bits per heavy atom. The lowest BCUT2D eigenvalue weighted by Gasteiger charge is -2.34. The van der Waals surface area contributed by atoms with Crippen molar-refractivity contribution in [1.29, 1.82) is 0 Å². The Balaban J connectivity index is 1.70. The van der Waals surface area contributed by atoms with E-state index in [1.807, 2.05) is 6.92 Å². The highest BCUT2D eigenvalue weighted by Gasteiger charge is 2.24. The van der Waals surface area contributed by atoms with Crippen LogP contribution in [0.3, 0.4) is 0 Å². The van der Waals surface area contributed by atoms with Crippen LogP contribution in [-0.2, 0) is 14.3 Å². The van der Waals surface area contributed by atoms with E-state index in [1.54, 1.807) is 34.1 Å². The van der Waals surface area contributed by atoms with Gasteiger partial charge in [0.2, 0.25) is 5.91 Å². The summed E-state index contributed by atoms with van der Waals surface area (Å²) >= 11 is 5.80. The van der Waals surface area contributed by atoms with E-state index >= 15 is 0 Å². The van der Waals surface area contributed by atoms with E-state index in [0.717, 1.165) is 6.42 Å². The minimum Gasteiger partial charge on any atom is -0.484 e. The molecular weight excluding hydrogens is 332 g/mol. The molecule has 2 rings (SSSR count). The van der Waals surface area contributed by atoms with Crippen molar-refractivity contribution in [2.75, 3.05) is 46.0 Å². The quantitative estimate of drug-likeness (QED) is 0.701. The Labute approximate surface area is 147 Å². The summed E-state index contributed by atoms with van der Waals surface area (Å²) in [5.41, 5.74) is 0. The van der Waals surface area contributed by atoms with Crippen molar-refractivity contribution in [3.63, 3.8) is 0 Å². The molecule has 1 aromatic carbocycles. The molecule has 24 heavy (non-hydrogen) atoms. The monoisotopic (exact) mass is 354 g/mol. The number of rotatable bonds is 7. The van der Waals surface area contributed by atoms with Gasteiger partial charge in [-0.05, 0) is 30.7 Å². The van der Waals surface area contributed by atoms with Crippen LogP contribution in [0.15, 0.2) is 24.3 Å². The maximum atomic E-state index is 12.2. The van der Waals surface area contributed by atoms with Gasteiger partial charge in [0.15, 0.2) is 6.61 Å². The largest absolute Gasteiger partial charge is 0.484 e. The molecular formula is C17H23ClN2O4. The van der Waals surface area contributed by atoms with E-state index in [9.17, 15) is 9.59 Å². The summed E-state index contributed by atoms with van der Waals surface area (Å²) in [5.74, 6) is 0.502. The van der Waals surface area contributed by atoms with Crippen LogP contribution in [0.2, 0.25) is 5.02 Å². The molecule has 0 aliphatic carbocycles. The lowest BCUT2D eigenvalue weighted by molar-refractivity contribution is -0.143. The zero-order chi connectivity index (χ0) is 17.4. The van der Waals surface area contributed by atoms with Crippen molar-refractivity contribution < 1.29 is 19.1 Å². The number of carbonyl (C=O) groups excluding carboxylic acids is 2. The van der Waals surface area contributed by atoms with E-state index in [2.05, 4.69) is 0 Å². The third-order valence-corrected chi connectivity index (χ3v) is 3.99. The average molecular weight is 355 g/mol. The zero-order valence-electron chi connectivity index (χ0n) is 13.9. The van der Waals surface area contributed by atoms with Crippen LogP contribution in [0.25, 0.3) is 0 Å². The fourth-order valence-corrected chi connectivity index (χ4v) is 2.49. The molecule has 0 N–H and O–H groups in total. The highest BCUT2D eigenvalue weighted by Crippen LogP contribution is 2.15. The summed E-state index contributed by atoms with van der Waals surface area (Å²) in [5, 5.41) is 0.623. The van der Waals surface area contributed by atoms with E-state index in [1.165, 1.54) is 0 Å². The molecule has 1 aliphatic heterocycles. The Hall–Kier alpha value is -1.79. The first-order valence-electron chi connectivity index (χ1n) is 8.12. The summed E-state index contributed by atoms with van der Waals surface area (Å²) in [7, 11) is 0. The number of benzene rings is 1. The molecule has 1 heterocycles. The van der Waals surface area contributed by atoms with Crippen LogP contribution in [0, 0.1) is 0 Å². The Kier molecular flexibility index (Phi) is 7.34. The second-order valence-corrected chi connectivity index (χ2v) is 5.99. The van der Waals surface area contributed by atoms with Gasteiger partial charge in [-0.25, -0.2) is 0 Å². The summed E-state index contributed by atoms with van der Waals surface area (Å²) < 4.78 is 10.7. The number of hydrogen-bond donors (Lipinski definition) is 0. The molecule has 1 aromatic rings. The Morgan fingerprint density at radius 2 is 1.54 bits per heavy atom. The molecule has 132 valence electrons. The van der Waals surface area contributed by atoms with E-state index in [4.69, 9.17) is 21.1 Å². The smallest absolute Gasteiger partial charge is 0.260 e. The number of nitrogens with zero attached hydrogens (tertiary/aromatic N) is 2. The molecule has 0 radical (unpaired) electrons. The van der Waals surface area contributed by atoms with E-state index in [0.29, 0.717) is 43.6 Å². The second kappa shape index (κ2) is 9.49. The normalized spacial score (nSPS) is 14.6. The molecule has 2 amide bonds. The number of amides is 2. The molecule has 6 nitrogen and oxygen atoms in total. The number of piperazine rings is 1. The maximum absolute atomic E-state index is 12.2. The number of carbonyl (C=O) groups is 2. The molecule has 0 aromatic heterocycles. The van der Waals surface area contributed by atoms with Crippen molar-refractivity contribution in [2.24, 2.45) is 0 Å². The molecule has 0 unspecified atom stereocenters. The molecule has 1 fully saturated rings. The molecule has 0 bridgehead atoms. The van der Waals surface area contributed by atoms with Gasteiger partial charge in [-0.15, -0.1) is 0 Å². The predicted octanol–water partition coefficient (Wildman–Crippen LogP) is 1.82. The predicted molar refractivity (Wildman–Crippen MR) is 91.2 cm³/mol. The topological polar surface area (TPSA) is 59.1 Å². The van der Waals surface area contributed by atoms with Crippen LogP contribution in [0.5, 0.6) is 5.75 Å². The lowest BCUT2D eigenvalue weighted by Crippen LogP contribution is -2.52. The fraction of sp³-hybridized carbons (Fsp3) is 0.529. The Morgan fingerprint density at radius 3 is 2.08 bits per heavy atom. The standard InChI is InChI=1S/C17H23ClN2O4/c1-2-11-23-12-16(21)19-7-9-20(10-8-19)17(22)13-24-15-5-3-14(18)4-6-15/h3-6H,2,7-13H2,1H3. The lowest BCUT2D eigenvalue weighted by atomic mass is 10.3. The fourth-order valence-electron chi connectivity index (χ4n) is 2.37. The van der Waals surface area contributed by atoms with Gasteiger partial charge in [0.25, 0.3) is 5.91 Å². The molecule has 0 spiro atoms. The van der Waals surface area contributed by atoms with E-state index < -0.39 is 0 Å². The first kappa shape index (κ1) is 18.5. The molecule has 0 saturated carbocycles. The number of halogens is 1. The van der Waals surface area contributed by atoms with Gasteiger partial charge >= 0.3 is 0 Å². The third-order valence-electron chi connectivity index (χ3n) is 3.74. The molecule has 7 heteroatoms. The van der Waals surface area contributed by atoms with Gasteiger partial charge in [-0.3, -0.25) is 9.59 Å². The SMILES string of the molecule is CCCOCC(=O)N1CCN(C(=O)COc2ccc(Cl)cc2)CC1. The van der Waals surface area contributed by atoms with Crippen LogP contribution < -0.4 is 4.74 Å². The minimum atomic E-state index is -0.0840. The highest BCUT2D eigenvalue weighted by molar-refractivity contribution is 6.30. The number of ether oxygens (including phenoxy) is 2. The molecule has 1 saturated heterocycles. The van der Waals surface area contributed by atoms with Gasteiger partial charge in [-0.2, -0.15) is 0 Å². The highest BCUT2D eigenvalue weighted by atomic mass is 35.5. The summed E-state index contributed by atoms with van der Waals surface area (Å²) in [6, 6.07) is 6.88. The maximum Gasteiger partial charge on any atom is 0.260 e. The average Bonchev–Trinajstić information content (AvgIpc) is 2.61. The third kappa shape index (κ3) is 5.69.